The van der Waals surface area contributed by atoms with E-state index < -0.39 is 0 Å². The van der Waals surface area contributed by atoms with Gasteiger partial charge in [0.05, 0.1) is 0 Å². The van der Waals surface area contributed by atoms with Crippen LogP contribution in [-0.4, -0.2) is 30.5 Å². The molecule has 0 unspecified atom stereocenters. The molecule has 0 aromatic heterocycles. The van der Waals surface area contributed by atoms with Gasteiger partial charge in [-0.2, -0.15) is 0 Å². The molecule has 0 atom stereocenters. The van der Waals surface area contributed by atoms with Gasteiger partial charge in [0, 0.05) is 18.1 Å². The lowest BCUT2D eigenvalue weighted by molar-refractivity contribution is -0.132. The summed E-state index contributed by atoms with van der Waals surface area (Å²) in [7, 11) is 0. The van der Waals surface area contributed by atoms with Crippen molar-refractivity contribution in [1.82, 2.24) is 4.90 Å². The molecule has 0 spiro atoms. The molecule has 0 saturated carbocycles. The van der Waals surface area contributed by atoms with Crippen LogP contribution in [0.4, 0.5) is 0 Å². The van der Waals surface area contributed by atoms with Gasteiger partial charge in [-0.15, -0.1) is 0 Å². The number of rotatable bonds is 6. The zero-order valence-electron chi connectivity index (χ0n) is 10.8. The second-order valence-corrected chi connectivity index (χ2v) is 4.55. The number of amides is 1. The zero-order valence-corrected chi connectivity index (χ0v) is 11.5. The predicted molar refractivity (Wildman–Crippen MR) is 74.0 cm³/mol. The van der Waals surface area contributed by atoms with Crippen molar-refractivity contribution in [3.05, 3.63) is 41.4 Å². The van der Waals surface area contributed by atoms with E-state index in [1.54, 1.807) is 29.2 Å². The Kier molecular flexibility index (Phi) is 5.72. The monoisotopic (exact) mass is 267 g/mol. The summed E-state index contributed by atoms with van der Waals surface area (Å²) in [5.41, 5.74) is 0.952. The highest BCUT2D eigenvalue weighted by atomic mass is 35.5. The molecule has 0 aliphatic rings. The van der Waals surface area contributed by atoms with Gasteiger partial charge in [0.1, 0.15) is 5.75 Å². The van der Waals surface area contributed by atoms with Crippen LogP contribution in [-0.2, 0) is 4.79 Å². The standard InChI is InChI=1S/C14H18ClNO2/c1-4-16(9-11(2)3)14(17)10-18-13-7-5-6-12(15)8-13/h5-8H,2,4,9-10H2,1,3H3. The van der Waals surface area contributed by atoms with Crippen LogP contribution >= 0.6 is 11.6 Å². The molecule has 0 fully saturated rings. The molecular weight excluding hydrogens is 250 g/mol. The summed E-state index contributed by atoms with van der Waals surface area (Å²) in [6, 6.07) is 7.00. The number of carbonyl (C=O) groups excluding carboxylic acids is 1. The zero-order chi connectivity index (χ0) is 13.5. The van der Waals surface area contributed by atoms with Crippen molar-refractivity contribution < 1.29 is 9.53 Å². The first-order valence-electron chi connectivity index (χ1n) is 5.83. The second kappa shape index (κ2) is 7.07. The molecule has 0 heterocycles. The molecule has 98 valence electrons. The first-order chi connectivity index (χ1) is 8.52. The quantitative estimate of drug-likeness (QED) is 0.741. The van der Waals surface area contributed by atoms with Crippen LogP contribution in [0.1, 0.15) is 13.8 Å². The van der Waals surface area contributed by atoms with Crippen molar-refractivity contribution in [2.24, 2.45) is 0 Å². The van der Waals surface area contributed by atoms with Crippen molar-refractivity contribution in [3.8, 4) is 5.75 Å². The van der Waals surface area contributed by atoms with E-state index in [0.29, 0.717) is 23.9 Å². The molecule has 3 nitrogen and oxygen atoms in total. The molecule has 0 saturated heterocycles. The Balaban J connectivity index is 2.51. The summed E-state index contributed by atoms with van der Waals surface area (Å²) < 4.78 is 5.41. The van der Waals surface area contributed by atoms with Gasteiger partial charge >= 0.3 is 0 Å². The van der Waals surface area contributed by atoms with E-state index in [9.17, 15) is 4.79 Å². The van der Waals surface area contributed by atoms with Crippen molar-refractivity contribution in [2.75, 3.05) is 19.7 Å². The fourth-order valence-corrected chi connectivity index (χ4v) is 1.68. The molecule has 0 aliphatic carbocycles. The molecule has 0 bridgehead atoms. The minimum atomic E-state index is -0.0551. The Hall–Kier alpha value is -1.48. The number of hydrogen-bond acceptors (Lipinski definition) is 2. The van der Waals surface area contributed by atoms with Crippen molar-refractivity contribution >= 4 is 17.5 Å². The molecule has 1 rings (SSSR count). The summed E-state index contributed by atoms with van der Waals surface area (Å²) in [5, 5.41) is 0.592. The molecule has 0 radical (unpaired) electrons. The van der Waals surface area contributed by atoms with Crippen LogP contribution in [0, 0.1) is 0 Å². The Bertz CT molecular complexity index is 432. The highest BCUT2D eigenvalue weighted by Crippen LogP contribution is 2.17. The summed E-state index contributed by atoms with van der Waals surface area (Å²) in [6.45, 7) is 8.85. The van der Waals surface area contributed by atoms with E-state index in [1.807, 2.05) is 13.8 Å². The number of halogens is 1. The molecular formula is C14H18ClNO2. The second-order valence-electron chi connectivity index (χ2n) is 4.11. The largest absolute Gasteiger partial charge is 0.484 e. The highest BCUT2D eigenvalue weighted by molar-refractivity contribution is 6.30. The molecule has 1 amide bonds. The Morgan fingerprint density at radius 3 is 2.78 bits per heavy atom. The van der Waals surface area contributed by atoms with Crippen molar-refractivity contribution in [3.63, 3.8) is 0 Å². The molecule has 1 aromatic carbocycles. The lowest BCUT2D eigenvalue weighted by Gasteiger charge is -2.21. The molecule has 18 heavy (non-hydrogen) atoms. The number of nitrogens with zero attached hydrogens (tertiary/aromatic N) is 1. The van der Waals surface area contributed by atoms with E-state index >= 15 is 0 Å². The van der Waals surface area contributed by atoms with Gasteiger partial charge in [0.25, 0.3) is 5.91 Å². The van der Waals surface area contributed by atoms with Crippen molar-refractivity contribution in [2.45, 2.75) is 13.8 Å². The summed E-state index contributed by atoms with van der Waals surface area (Å²) in [5.74, 6) is 0.544. The van der Waals surface area contributed by atoms with Gasteiger partial charge in [-0.05, 0) is 32.0 Å². The fourth-order valence-electron chi connectivity index (χ4n) is 1.50. The number of benzene rings is 1. The average molecular weight is 268 g/mol. The molecule has 0 aliphatic heterocycles. The van der Waals surface area contributed by atoms with Gasteiger partial charge in [0.15, 0.2) is 6.61 Å². The fraction of sp³-hybridized carbons (Fsp3) is 0.357. The summed E-state index contributed by atoms with van der Waals surface area (Å²) in [6.07, 6.45) is 0. The van der Waals surface area contributed by atoms with E-state index in [0.717, 1.165) is 5.57 Å². The third-order valence-electron chi connectivity index (χ3n) is 2.35. The van der Waals surface area contributed by atoms with Crippen LogP contribution in [0.15, 0.2) is 36.4 Å². The number of hydrogen-bond donors (Lipinski definition) is 0. The van der Waals surface area contributed by atoms with Gasteiger partial charge in [-0.25, -0.2) is 0 Å². The topological polar surface area (TPSA) is 29.5 Å². The van der Waals surface area contributed by atoms with Crippen LogP contribution < -0.4 is 4.74 Å². The van der Waals surface area contributed by atoms with E-state index in [4.69, 9.17) is 16.3 Å². The van der Waals surface area contributed by atoms with Gasteiger partial charge in [0.2, 0.25) is 0 Å². The average Bonchev–Trinajstić information content (AvgIpc) is 2.33. The Morgan fingerprint density at radius 1 is 1.50 bits per heavy atom. The normalized spacial score (nSPS) is 9.94. The first-order valence-corrected chi connectivity index (χ1v) is 6.21. The highest BCUT2D eigenvalue weighted by Gasteiger charge is 2.12. The van der Waals surface area contributed by atoms with Gasteiger partial charge in [-0.1, -0.05) is 29.8 Å². The number of carbonyl (C=O) groups is 1. The van der Waals surface area contributed by atoms with E-state index in [1.165, 1.54) is 0 Å². The maximum absolute atomic E-state index is 11.9. The van der Waals surface area contributed by atoms with Crippen LogP contribution in [0.25, 0.3) is 0 Å². The Labute approximate surface area is 113 Å². The smallest absolute Gasteiger partial charge is 0.260 e. The van der Waals surface area contributed by atoms with Crippen LogP contribution in [0.5, 0.6) is 5.75 Å². The van der Waals surface area contributed by atoms with E-state index in [-0.39, 0.29) is 12.5 Å². The number of ether oxygens (including phenoxy) is 1. The van der Waals surface area contributed by atoms with Crippen molar-refractivity contribution in [1.29, 1.82) is 0 Å². The van der Waals surface area contributed by atoms with E-state index in [2.05, 4.69) is 6.58 Å². The first kappa shape index (κ1) is 14.6. The molecule has 0 N–H and O–H groups in total. The Morgan fingerprint density at radius 2 is 2.22 bits per heavy atom. The summed E-state index contributed by atoms with van der Waals surface area (Å²) in [4.78, 5) is 13.6. The van der Waals surface area contributed by atoms with Gasteiger partial charge < -0.3 is 9.64 Å². The molecule has 1 aromatic rings. The maximum Gasteiger partial charge on any atom is 0.260 e. The SMILES string of the molecule is C=C(C)CN(CC)C(=O)COc1cccc(Cl)c1. The van der Waals surface area contributed by atoms with Gasteiger partial charge in [-0.3, -0.25) is 4.79 Å². The lowest BCUT2D eigenvalue weighted by Crippen LogP contribution is -2.35. The van der Waals surface area contributed by atoms with Crippen LogP contribution in [0.2, 0.25) is 5.02 Å². The third kappa shape index (κ3) is 4.80. The lowest BCUT2D eigenvalue weighted by atomic mass is 10.3. The maximum atomic E-state index is 11.9. The number of likely N-dealkylation sites (N-methyl/N-ethyl adjacent to an activating group) is 1. The minimum absolute atomic E-state index is 0.0153. The minimum Gasteiger partial charge on any atom is -0.484 e. The molecule has 4 heteroatoms. The van der Waals surface area contributed by atoms with Crippen LogP contribution in [0.3, 0.4) is 0 Å². The predicted octanol–water partition coefficient (Wildman–Crippen LogP) is 3.14. The summed E-state index contributed by atoms with van der Waals surface area (Å²) >= 11 is 5.83. The third-order valence-corrected chi connectivity index (χ3v) is 2.59.